The largest absolute Gasteiger partial charge is 0.316 e. The summed E-state index contributed by atoms with van der Waals surface area (Å²) in [6, 6.07) is 0. The zero-order valence-electron chi connectivity index (χ0n) is 11.4. The molecular formula is C13H26N2O2S. The van der Waals surface area contributed by atoms with Crippen LogP contribution >= 0.6 is 0 Å². The molecule has 1 heterocycles. The van der Waals surface area contributed by atoms with E-state index in [1.54, 1.807) is 0 Å². The van der Waals surface area contributed by atoms with E-state index < -0.39 is 10.0 Å². The van der Waals surface area contributed by atoms with Gasteiger partial charge >= 0.3 is 0 Å². The number of nitrogens with one attached hydrogen (secondary N) is 2. The second-order valence-electron chi connectivity index (χ2n) is 6.22. The van der Waals surface area contributed by atoms with E-state index in [9.17, 15) is 8.42 Å². The lowest BCUT2D eigenvalue weighted by atomic mass is 9.84. The van der Waals surface area contributed by atoms with Crippen LogP contribution in [0.4, 0.5) is 0 Å². The standard InChI is InChI=1S/C13H26N2O2S/c1-13(7-3-2-4-8-13)15-18(16,17)11-12-6-5-9-14-10-12/h12,14-15H,2-11H2,1H3. The number of hydrogen-bond donors (Lipinski definition) is 2. The highest BCUT2D eigenvalue weighted by atomic mass is 32.2. The van der Waals surface area contributed by atoms with Gasteiger partial charge in [-0.2, -0.15) is 0 Å². The van der Waals surface area contributed by atoms with E-state index in [-0.39, 0.29) is 17.2 Å². The van der Waals surface area contributed by atoms with E-state index in [0.29, 0.717) is 0 Å². The molecule has 1 aliphatic carbocycles. The van der Waals surface area contributed by atoms with Crippen LogP contribution in [0, 0.1) is 5.92 Å². The fourth-order valence-corrected chi connectivity index (χ4v) is 5.17. The van der Waals surface area contributed by atoms with Crippen molar-refractivity contribution in [3.8, 4) is 0 Å². The first-order valence-corrected chi connectivity index (χ1v) is 8.87. The van der Waals surface area contributed by atoms with Crippen LogP contribution < -0.4 is 10.0 Å². The molecular weight excluding hydrogens is 248 g/mol. The number of hydrogen-bond acceptors (Lipinski definition) is 3. The topological polar surface area (TPSA) is 58.2 Å². The minimum absolute atomic E-state index is 0.195. The van der Waals surface area contributed by atoms with E-state index in [2.05, 4.69) is 17.0 Å². The zero-order valence-corrected chi connectivity index (χ0v) is 12.2. The van der Waals surface area contributed by atoms with Crippen molar-refractivity contribution in [1.29, 1.82) is 0 Å². The van der Waals surface area contributed by atoms with Crippen LogP contribution in [-0.2, 0) is 10.0 Å². The van der Waals surface area contributed by atoms with Crippen LogP contribution in [0.3, 0.4) is 0 Å². The van der Waals surface area contributed by atoms with Crippen LogP contribution in [0.1, 0.15) is 51.9 Å². The predicted molar refractivity (Wildman–Crippen MR) is 74.0 cm³/mol. The Kier molecular flexibility index (Phi) is 4.67. The molecule has 1 unspecified atom stereocenters. The van der Waals surface area contributed by atoms with Crippen LogP contribution in [0.25, 0.3) is 0 Å². The van der Waals surface area contributed by atoms with Crippen molar-refractivity contribution >= 4 is 10.0 Å². The SMILES string of the molecule is CC1(NS(=O)(=O)CC2CCCNC2)CCCCC1. The molecule has 2 fully saturated rings. The van der Waals surface area contributed by atoms with Crippen LogP contribution in [-0.4, -0.2) is 32.8 Å². The second kappa shape index (κ2) is 5.88. The molecule has 1 saturated carbocycles. The van der Waals surface area contributed by atoms with Gasteiger partial charge in [0.2, 0.25) is 10.0 Å². The molecule has 0 amide bonds. The highest BCUT2D eigenvalue weighted by Crippen LogP contribution is 2.28. The molecule has 18 heavy (non-hydrogen) atoms. The Balaban J connectivity index is 1.89. The van der Waals surface area contributed by atoms with E-state index >= 15 is 0 Å². The Morgan fingerprint density at radius 3 is 2.56 bits per heavy atom. The molecule has 0 bridgehead atoms. The third-order valence-electron chi connectivity index (χ3n) is 4.21. The molecule has 2 rings (SSSR count). The third-order valence-corrected chi connectivity index (χ3v) is 5.93. The Morgan fingerprint density at radius 1 is 1.22 bits per heavy atom. The molecule has 2 N–H and O–H groups in total. The number of piperidine rings is 1. The third kappa shape index (κ3) is 4.21. The van der Waals surface area contributed by atoms with Gasteiger partial charge in [-0.25, -0.2) is 13.1 Å². The summed E-state index contributed by atoms with van der Waals surface area (Å²) in [5.41, 5.74) is -0.195. The van der Waals surface area contributed by atoms with Gasteiger partial charge in [0.1, 0.15) is 0 Å². The van der Waals surface area contributed by atoms with Gasteiger partial charge in [0, 0.05) is 5.54 Å². The van der Waals surface area contributed by atoms with Crippen molar-refractivity contribution in [2.45, 2.75) is 57.4 Å². The minimum atomic E-state index is -3.13. The van der Waals surface area contributed by atoms with Gasteiger partial charge in [-0.05, 0) is 51.6 Å². The average Bonchev–Trinajstić information content (AvgIpc) is 2.29. The zero-order chi connectivity index (χ0) is 13.1. The highest BCUT2D eigenvalue weighted by Gasteiger charge is 2.32. The van der Waals surface area contributed by atoms with Gasteiger partial charge in [0.05, 0.1) is 5.75 Å². The summed E-state index contributed by atoms with van der Waals surface area (Å²) in [6.45, 7) is 3.93. The molecule has 106 valence electrons. The molecule has 0 spiro atoms. The smallest absolute Gasteiger partial charge is 0.212 e. The maximum absolute atomic E-state index is 12.2. The van der Waals surface area contributed by atoms with Crippen molar-refractivity contribution in [3.63, 3.8) is 0 Å². The first-order valence-electron chi connectivity index (χ1n) is 7.22. The molecule has 0 aromatic heterocycles. The van der Waals surface area contributed by atoms with Gasteiger partial charge in [0.15, 0.2) is 0 Å². The van der Waals surface area contributed by atoms with E-state index in [0.717, 1.165) is 51.6 Å². The number of rotatable bonds is 4. The molecule has 1 saturated heterocycles. The Morgan fingerprint density at radius 2 is 1.94 bits per heavy atom. The highest BCUT2D eigenvalue weighted by molar-refractivity contribution is 7.89. The normalized spacial score (nSPS) is 29.1. The first kappa shape index (κ1) is 14.3. The van der Waals surface area contributed by atoms with E-state index in [4.69, 9.17) is 0 Å². The summed E-state index contributed by atoms with van der Waals surface area (Å²) < 4.78 is 27.4. The lowest BCUT2D eigenvalue weighted by Gasteiger charge is -2.35. The number of sulfonamides is 1. The maximum atomic E-state index is 12.2. The monoisotopic (exact) mass is 274 g/mol. The molecule has 2 aliphatic rings. The van der Waals surface area contributed by atoms with Crippen molar-refractivity contribution in [3.05, 3.63) is 0 Å². The van der Waals surface area contributed by atoms with Gasteiger partial charge in [-0.3, -0.25) is 0 Å². The van der Waals surface area contributed by atoms with Crippen LogP contribution in [0.15, 0.2) is 0 Å². The maximum Gasteiger partial charge on any atom is 0.212 e. The quantitative estimate of drug-likeness (QED) is 0.819. The Hall–Kier alpha value is -0.130. The lowest BCUT2D eigenvalue weighted by Crippen LogP contribution is -2.49. The van der Waals surface area contributed by atoms with Gasteiger partial charge in [0.25, 0.3) is 0 Å². The van der Waals surface area contributed by atoms with Gasteiger partial charge in [-0.15, -0.1) is 0 Å². The second-order valence-corrected chi connectivity index (χ2v) is 7.98. The fourth-order valence-electron chi connectivity index (χ4n) is 3.23. The summed E-state index contributed by atoms with van der Waals surface area (Å²) in [6.07, 6.45) is 7.62. The van der Waals surface area contributed by atoms with Crippen molar-refractivity contribution < 1.29 is 8.42 Å². The average molecular weight is 274 g/mol. The summed E-state index contributed by atoms with van der Waals surface area (Å²) >= 11 is 0. The summed E-state index contributed by atoms with van der Waals surface area (Å²) in [5, 5.41) is 3.28. The summed E-state index contributed by atoms with van der Waals surface area (Å²) in [4.78, 5) is 0. The fraction of sp³-hybridized carbons (Fsp3) is 1.00. The van der Waals surface area contributed by atoms with E-state index in [1.165, 1.54) is 6.42 Å². The Bertz CT molecular complexity index is 355. The summed E-state index contributed by atoms with van der Waals surface area (Å²) in [5.74, 6) is 0.568. The van der Waals surface area contributed by atoms with Crippen LogP contribution in [0.2, 0.25) is 0 Å². The van der Waals surface area contributed by atoms with E-state index in [1.807, 2.05) is 0 Å². The van der Waals surface area contributed by atoms with Gasteiger partial charge < -0.3 is 5.32 Å². The summed E-state index contributed by atoms with van der Waals surface area (Å²) in [7, 11) is -3.13. The molecule has 1 atom stereocenters. The molecule has 0 aromatic rings. The molecule has 1 aliphatic heterocycles. The molecule has 0 aromatic carbocycles. The van der Waals surface area contributed by atoms with Crippen molar-refractivity contribution in [2.75, 3.05) is 18.8 Å². The minimum Gasteiger partial charge on any atom is -0.316 e. The van der Waals surface area contributed by atoms with Crippen molar-refractivity contribution in [2.24, 2.45) is 5.92 Å². The van der Waals surface area contributed by atoms with Crippen molar-refractivity contribution in [1.82, 2.24) is 10.0 Å². The predicted octanol–water partition coefficient (Wildman–Crippen LogP) is 1.63. The lowest BCUT2D eigenvalue weighted by molar-refractivity contribution is 0.292. The van der Waals surface area contributed by atoms with Crippen LogP contribution in [0.5, 0.6) is 0 Å². The molecule has 0 radical (unpaired) electrons. The van der Waals surface area contributed by atoms with Gasteiger partial charge in [-0.1, -0.05) is 19.3 Å². The Labute approximate surface area is 111 Å². The molecule has 5 heteroatoms. The first-order chi connectivity index (χ1) is 8.49. The molecule has 4 nitrogen and oxygen atoms in total.